The lowest BCUT2D eigenvalue weighted by atomic mass is 9.87. The van der Waals surface area contributed by atoms with Crippen molar-refractivity contribution in [1.82, 2.24) is 5.32 Å². The predicted molar refractivity (Wildman–Crippen MR) is 70.8 cm³/mol. The smallest absolute Gasteiger partial charge is 0.122 e. The number of aliphatic hydroxyl groups excluding tert-OH is 1. The molecular weight excluding hydrogens is 226 g/mol. The number of piperidine rings is 1. The molecule has 0 aliphatic carbocycles. The Balaban J connectivity index is 1.78. The Bertz CT molecular complexity index is 413. The van der Waals surface area contributed by atoms with Crippen molar-refractivity contribution in [2.45, 2.75) is 31.8 Å². The van der Waals surface area contributed by atoms with Gasteiger partial charge in [-0.05, 0) is 68.0 Å². The first-order valence-corrected chi connectivity index (χ1v) is 6.99. The highest BCUT2D eigenvalue weighted by molar-refractivity contribution is 5.39. The average molecular weight is 247 g/mol. The van der Waals surface area contributed by atoms with Crippen LogP contribution in [0.15, 0.2) is 18.2 Å². The quantitative estimate of drug-likeness (QED) is 0.840. The molecule has 98 valence electrons. The first-order chi connectivity index (χ1) is 8.84. The number of hydrogen-bond acceptors (Lipinski definition) is 3. The van der Waals surface area contributed by atoms with Gasteiger partial charge in [0, 0.05) is 0 Å². The number of aliphatic hydroxyl groups is 1. The van der Waals surface area contributed by atoms with Gasteiger partial charge in [0.1, 0.15) is 5.75 Å². The summed E-state index contributed by atoms with van der Waals surface area (Å²) in [5.74, 6) is 1.40. The van der Waals surface area contributed by atoms with E-state index in [0.29, 0.717) is 5.92 Å². The fourth-order valence-electron chi connectivity index (χ4n) is 3.00. The molecule has 1 saturated heterocycles. The highest BCUT2D eigenvalue weighted by Crippen LogP contribution is 2.33. The highest BCUT2D eigenvalue weighted by atomic mass is 16.5. The van der Waals surface area contributed by atoms with E-state index in [0.717, 1.165) is 56.7 Å². The van der Waals surface area contributed by atoms with Crippen molar-refractivity contribution in [2.24, 2.45) is 5.92 Å². The molecule has 2 N–H and O–H groups in total. The standard InChI is InChI=1S/C15H21NO2/c17-15(11-5-7-16-8-6-11)13-3-4-14-12(10-13)2-1-9-18-14/h3-4,10-11,15-17H,1-2,5-9H2. The number of ether oxygens (including phenoxy) is 1. The Morgan fingerprint density at radius 2 is 2.11 bits per heavy atom. The third-order valence-electron chi connectivity index (χ3n) is 4.10. The summed E-state index contributed by atoms with van der Waals surface area (Å²) in [7, 11) is 0. The predicted octanol–water partition coefficient (Wildman–Crippen LogP) is 2.04. The molecule has 2 aliphatic heterocycles. The van der Waals surface area contributed by atoms with Gasteiger partial charge >= 0.3 is 0 Å². The van der Waals surface area contributed by atoms with Gasteiger partial charge in [-0.25, -0.2) is 0 Å². The van der Waals surface area contributed by atoms with Gasteiger partial charge < -0.3 is 15.2 Å². The summed E-state index contributed by atoms with van der Waals surface area (Å²) in [6.07, 6.45) is 3.96. The van der Waals surface area contributed by atoms with Crippen LogP contribution in [0.3, 0.4) is 0 Å². The second kappa shape index (κ2) is 5.29. The first kappa shape index (κ1) is 12.0. The third kappa shape index (κ3) is 2.38. The third-order valence-corrected chi connectivity index (χ3v) is 4.10. The SMILES string of the molecule is OC(c1ccc2c(c1)CCCO2)C1CCNCC1. The lowest BCUT2D eigenvalue weighted by molar-refractivity contribution is 0.0887. The van der Waals surface area contributed by atoms with Crippen molar-refractivity contribution in [3.63, 3.8) is 0 Å². The molecule has 0 aromatic heterocycles. The van der Waals surface area contributed by atoms with Crippen molar-refractivity contribution >= 4 is 0 Å². The topological polar surface area (TPSA) is 41.5 Å². The maximum Gasteiger partial charge on any atom is 0.122 e. The zero-order chi connectivity index (χ0) is 12.4. The number of hydrogen-bond donors (Lipinski definition) is 2. The fraction of sp³-hybridized carbons (Fsp3) is 0.600. The van der Waals surface area contributed by atoms with E-state index in [1.54, 1.807) is 0 Å². The average Bonchev–Trinajstić information content (AvgIpc) is 2.47. The summed E-state index contributed by atoms with van der Waals surface area (Å²) in [6, 6.07) is 6.19. The van der Waals surface area contributed by atoms with E-state index in [1.165, 1.54) is 5.56 Å². The minimum absolute atomic E-state index is 0.320. The molecule has 3 rings (SSSR count). The molecule has 0 spiro atoms. The molecule has 1 aromatic rings. The van der Waals surface area contributed by atoms with Crippen LogP contribution < -0.4 is 10.1 Å². The van der Waals surface area contributed by atoms with Crippen molar-refractivity contribution in [3.8, 4) is 5.75 Å². The molecular formula is C15H21NO2. The van der Waals surface area contributed by atoms with Gasteiger partial charge in [0.25, 0.3) is 0 Å². The van der Waals surface area contributed by atoms with E-state index in [1.807, 2.05) is 12.1 Å². The molecule has 3 heteroatoms. The molecule has 1 unspecified atom stereocenters. The van der Waals surface area contributed by atoms with Crippen LogP contribution in [0.5, 0.6) is 5.75 Å². The molecule has 0 amide bonds. The van der Waals surface area contributed by atoms with Crippen LogP contribution in [0.1, 0.15) is 36.5 Å². The first-order valence-electron chi connectivity index (χ1n) is 6.99. The largest absolute Gasteiger partial charge is 0.493 e. The number of fused-ring (bicyclic) bond motifs is 1. The Kier molecular flexibility index (Phi) is 3.52. The summed E-state index contributed by atoms with van der Waals surface area (Å²) in [5.41, 5.74) is 2.32. The number of aryl methyl sites for hydroxylation is 1. The number of benzene rings is 1. The molecule has 0 radical (unpaired) electrons. The molecule has 2 aliphatic rings. The molecule has 0 bridgehead atoms. The van der Waals surface area contributed by atoms with Gasteiger partial charge in [0.05, 0.1) is 12.7 Å². The summed E-state index contributed by atoms with van der Waals surface area (Å²) in [6.45, 7) is 2.87. The minimum atomic E-state index is -0.320. The highest BCUT2D eigenvalue weighted by Gasteiger charge is 2.24. The van der Waals surface area contributed by atoms with Crippen molar-refractivity contribution < 1.29 is 9.84 Å². The van der Waals surface area contributed by atoms with Crippen LogP contribution in [0.4, 0.5) is 0 Å². The lowest BCUT2D eigenvalue weighted by Gasteiger charge is -2.28. The molecule has 1 atom stereocenters. The van der Waals surface area contributed by atoms with Crippen LogP contribution in [0, 0.1) is 5.92 Å². The zero-order valence-electron chi connectivity index (χ0n) is 10.7. The Morgan fingerprint density at radius 1 is 1.28 bits per heavy atom. The molecule has 1 fully saturated rings. The van der Waals surface area contributed by atoms with E-state index < -0.39 is 0 Å². The monoisotopic (exact) mass is 247 g/mol. The summed E-state index contributed by atoms with van der Waals surface area (Å²) in [4.78, 5) is 0. The second-order valence-electron chi connectivity index (χ2n) is 5.35. The van der Waals surface area contributed by atoms with Crippen LogP contribution in [-0.4, -0.2) is 24.8 Å². The van der Waals surface area contributed by atoms with Crippen molar-refractivity contribution in [2.75, 3.05) is 19.7 Å². The summed E-state index contributed by atoms with van der Waals surface area (Å²) < 4.78 is 5.61. The van der Waals surface area contributed by atoms with Crippen LogP contribution >= 0.6 is 0 Å². The van der Waals surface area contributed by atoms with Gasteiger partial charge in [0.2, 0.25) is 0 Å². The Labute approximate surface area is 108 Å². The van der Waals surface area contributed by atoms with E-state index in [-0.39, 0.29) is 6.10 Å². The molecule has 0 saturated carbocycles. The maximum absolute atomic E-state index is 10.5. The van der Waals surface area contributed by atoms with Gasteiger partial charge in [0.15, 0.2) is 0 Å². The van der Waals surface area contributed by atoms with E-state index in [4.69, 9.17) is 4.74 Å². The Hall–Kier alpha value is -1.06. The Morgan fingerprint density at radius 3 is 2.94 bits per heavy atom. The molecule has 2 heterocycles. The summed E-state index contributed by atoms with van der Waals surface area (Å²) in [5, 5.41) is 13.8. The zero-order valence-corrected chi connectivity index (χ0v) is 10.7. The molecule has 3 nitrogen and oxygen atoms in total. The minimum Gasteiger partial charge on any atom is -0.493 e. The van der Waals surface area contributed by atoms with Gasteiger partial charge in [-0.2, -0.15) is 0 Å². The van der Waals surface area contributed by atoms with Crippen LogP contribution in [0.25, 0.3) is 0 Å². The summed E-state index contributed by atoms with van der Waals surface area (Å²) >= 11 is 0. The van der Waals surface area contributed by atoms with E-state index in [9.17, 15) is 5.11 Å². The van der Waals surface area contributed by atoms with Crippen molar-refractivity contribution in [3.05, 3.63) is 29.3 Å². The molecule has 18 heavy (non-hydrogen) atoms. The second-order valence-corrected chi connectivity index (χ2v) is 5.35. The van der Waals surface area contributed by atoms with Gasteiger partial charge in [-0.1, -0.05) is 6.07 Å². The lowest BCUT2D eigenvalue weighted by Crippen LogP contribution is -2.30. The number of rotatable bonds is 2. The number of nitrogens with one attached hydrogen (secondary N) is 1. The van der Waals surface area contributed by atoms with Crippen LogP contribution in [-0.2, 0) is 6.42 Å². The van der Waals surface area contributed by atoms with E-state index in [2.05, 4.69) is 11.4 Å². The van der Waals surface area contributed by atoms with Gasteiger partial charge in [-0.15, -0.1) is 0 Å². The van der Waals surface area contributed by atoms with Crippen LogP contribution in [0.2, 0.25) is 0 Å². The van der Waals surface area contributed by atoms with Crippen molar-refractivity contribution in [1.29, 1.82) is 0 Å². The van der Waals surface area contributed by atoms with E-state index >= 15 is 0 Å². The van der Waals surface area contributed by atoms with Gasteiger partial charge in [-0.3, -0.25) is 0 Å². The fourth-order valence-corrected chi connectivity index (χ4v) is 3.00. The normalized spacial score (nSPS) is 22.1. The maximum atomic E-state index is 10.5. The molecule has 1 aromatic carbocycles.